The first-order chi connectivity index (χ1) is 9.67. The molecule has 104 valence electrons. The zero-order chi connectivity index (χ0) is 14.4. The van der Waals surface area contributed by atoms with Crippen molar-refractivity contribution >= 4 is 39.3 Å². The first kappa shape index (κ1) is 15.1. The van der Waals surface area contributed by atoms with Crippen molar-refractivity contribution in [3.05, 3.63) is 58.6 Å². The van der Waals surface area contributed by atoms with Gasteiger partial charge >= 0.3 is 0 Å². The Hall–Kier alpha value is -1.30. The lowest BCUT2D eigenvalue weighted by molar-refractivity contribution is -0.113. The van der Waals surface area contributed by atoms with Gasteiger partial charge in [0.15, 0.2) is 0 Å². The molecule has 2 aromatic carbocycles. The first-order valence-electron chi connectivity index (χ1n) is 6.14. The van der Waals surface area contributed by atoms with Gasteiger partial charge in [-0.2, -0.15) is 0 Å². The molecule has 0 unspecified atom stereocenters. The van der Waals surface area contributed by atoms with E-state index in [1.54, 1.807) is 0 Å². The minimum absolute atomic E-state index is 0.0176. The fraction of sp³-hybridized carbons (Fsp3) is 0.133. The summed E-state index contributed by atoms with van der Waals surface area (Å²) in [6.45, 7) is 0.536. The van der Waals surface area contributed by atoms with Crippen molar-refractivity contribution in [2.24, 2.45) is 5.73 Å². The van der Waals surface area contributed by atoms with Crippen LogP contribution in [-0.2, 0) is 11.3 Å². The number of halogens is 1. The van der Waals surface area contributed by atoms with E-state index in [-0.39, 0.29) is 5.91 Å². The van der Waals surface area contributed by atoms with Crippen molar-refractivity contribution in [3.63, 3.8) is 0 Å². The SMILES string of the molecule is NCc1ccc(SCC(=O)Nc2cccc(Br)c2)cc1. The van der Waals surface area contributed by atoms with E-state index in [1.807, 2.05) is 48.5 Å². The highest BCUT2D eigenvalue weighted by molar-refractivity contribution is 9.10. The number of carbonyl (C=O) groups is 1. The minimum Gasteiger partial charge on any atom is -0.326 e. The molecule has 0 saturated heterocycles. The molecular weight excluding hydrogens is 336 g/mol. The zero-order valence-electron chi connectivity index (χ0n) is 10.8. The number of hydrogen-bond acceptors (Lipinski definition) is 3. The van der Waals surface area contributed by atoms with Crippen molar-refractivity contribution in [2.75, 3.05) is 11.1 Å². The van der Waals surface area contributed by atoms with Crippen LogP contribution in [0.2, 0.25) is 0 Å². The molecule has 3 nitrogen and oxygen atoms in total. The van der Waals surface area contributed by atoms with Gasteiger partial charge in [0.05, 0.1) is 5.75 Å². The lowest BCUT2D eigenvalue weighted by Crippen LogP contribution is -2.13. The molecule has 0 heterocycles. The highest BCUT2D eigenvalue weighted by Gasteiger charge is 2.04. The number of nitrogens with two attached hydrogens (primary N) is 1. The maximum absolute atomic E-state index is 11.9. The average Bonchev–Trinajstić information content (AvgIpc) is 2.46. The Morgan fingerprint density at radius 3 is 2.60 bits per heavy atom. The third kappa shape index (κ3) is 4.67. The summed E-state index contributed by atoms with van der Waals surface area (Å²) in [6.07, 6.45) is 0. The number of nitrogens with one attached hydrogen (secondary N) is 1. The van der Waals surface area contributed by atoms with Crippen molar-refractivity contribution in [1.82, 2.24) is 0 Å². The van der Waals surface area contributed by atoms with Crippen LogP contribution in [0.25, 0.3) is 0 Å². The Labute approximate surface area is 131 Å². The van der Waals surface area contributed by atoms with Crippen LogP contribution in [0.1, 0.15) is 5.56 Å². The number of carbonyl (C=O) groups excluding carboxylic acids is 1. The number of thioether (sulfide) groups is 1. The predicted molar refractivity (Wildman–Crippen MR) is 87.8 cm³/mol. The third-order valence-corrected chi connectivity index (χ3v) is 4.14. The van der Waals surface area contributed by atoms with Gasteiger partial charge in [-0.25, -0.2) is 0 Å². The molecule has 1 amide bonds. The van der Waals surface area contributed by atoms with E-state index in [2.05, 4.69) is 21.2 Å². The molecule has 0 aliphatic carbocycles. The van der Waals surface area contributed by atoms with E-state index < -0.39 is 0 Å². The fourth-order valence-corrected chi connectivity index (χ4v) is 2.73. The zero-order valence-corrected chi connectivity index (χ0v) is 13.2. The van der Waals surface area contributed by atoms with Crippen molar-refractivity contribution in [3.8, 4) is 0 Å². The number of anilines is 1. The Bertz CT molecular complexity index is 587. The summed E-state index contributed by atoms with van der Waals surface area (Å²) < 4.78 is 0.945. The fourth-order valence-electron chi connectivity index (χ4n) is 1.63. The molecule has 0 saturated carbocycles. The van der Waals surface area contributed by atoms with Crippen LogP contribution in [0.15, 0.2) is 57.9 Å². The van der Waals surface area contributed by atoms with Crippen LogP contribution in [-0.4, -0.2) is 11.7 Å². The molecular formula is C15H15BrN2OS. The maximum Gasteiger partial charge on any atom is 0.234 e. The van der Waals surface area contributed by atoms with Gasteiger partial charge in [0, 0.05) is 21.6 Å². The summed E-state index contributed by atoms with van der Waals surface area (Å²) in [5.41, 5.74) is 7.43. The predicted octanol–water partition coefficient (Wildman–Crippen LogP) is 3.64. The smallest absolute Gasteiger partial charge is 0.234 e. The molecule has 0 aliphatic heterocycles. The molecule has 0 aromatic heterocycles. The summed E-state index contributed by atoms with van der Waals surface area (Å²) in [7, 11) is 0. The molecule has 0 spiro atoms. The summed E-state index contributed by atoms with van der Waals surface area (Å²) in [5, 5.41) is 2.87. The molecule has 20 heavy (non-hydrogen) atoms. The van der Waals surface area contributed by atoms with Gasteiger partial charge in [-0.05, 0) is 35.9 Å². The van der Waals surface area contributed by atoms with Crippen molar-refractivity contribution in [2.45, 2.75) is 11.4 Å². The molecule has 5 heteroatoms. The molecule has 3 N–H and O–H groups in total. The summed E-state index contributed by atoms with van der Waals surface area (Å²) >= 11 is 4.88. The Kier molecular flexibility index (Phi) is 5.64. The van der Waals surface area contributed by atoms with E-state index in [1.165, 1.54) is 11.8 Å². The number of amides is 1. The lowest BCUT2D eigenvalue weighted by Gasteiger charge is -2.06. The highest BCUT2D eigenvalue weighted by Crippen LogP contribution is 2.20. The second kappa shape index (κ2) is 7.47. The first-order valence-corrected chi connectivity index (χ1v) is 7.92. The van der Waals surface area contributed by atoms with E-state index >= 15 is 0 Å². The topological polar surface area (TPSA) is 55.1 Å². The summed E-state index contributed by atoms with van der Waals surface area (Å²) in [6, 6.07) is 15.5. The van der Waals surface area contributed by atoms with Gasteiger partial charge in [0.2, 0.25) is 5.91 Å². The van der Waals surface area contributed by atoms with Crippen LogP contribution < -0.4 is 11.1 Å². The van der Waals surface area contributed by atoms with E-state index in [9.17, 15) is 4.79 Å². The second-order valence-electron chi connectivity index (χ2n) is 4.20. The van der Waals surface area contributed by atoms with Gasteiger partial charge in [0.1, 0.15) is 0 Å². The van der Waals surface area contributed by atoms with Gasteiger partial charge < -0.3 is 11.1 Å². The van der Waals surface area contributed by atoms with Crippen LogP contribution in [0.5, 0.6) is 0 Å². The van der Waals surface area contributed by atoms with E-state index in [0.29, 0.717) is 12.3 Å². The average molecular weight is 351 g/mol. The number of hydrogen-bond donors (Lipinski definition) is 2. The van der Waals surface area contributed by atoms with E-state index in [0.717, 1.165) is 20.6 Å². The number of rotatable bonds is 5. The lowest BCUT2D eigenvalue weighted by atomic mass is 10.2. The highest BCUT2D eigenvalue weighted by atomic mass is 79.9. The van der Waals surface area contributed by atoms with Crippen molar-refractivity contribution < 1.29 is 4.79 Å². The molecule has 0 fully saturated rings. The molecule has 2 aromatic rings. The standard InChI is InChI=1S/C15H15BrN2OS/c16-12-2-1-3-13(8-12)18-15(19)10-20-14-6-4-11(9-17)5-7-14/h1-8H,9-10,17H2,(H,18,19). The summed E-state index contributed by atoms with van der Waals surface area (Å²) in [4.78, 5) is 12.9. The van der Waals surface area contributed by atoms with Crippen LogP contribution in [0.4, 0.5) is 5.69 Å². The van der Waals surface area contributed by atoms with Crippen LogP contribution in [0.3, 0.4) is 0 Å². The molecule has 2 rings (SSSR count). The monoisotopic (exact) mass is 350 g/mol. The Morgan fingerprint density at radius 2 is 1.95 bits per heavy atom. The maximum atomic E-state index is 11.9. The van der Waals surface area contributed by atoms with Gasteiger partial charge in [-0.3, -0.25) is 4.79 Å². The molecule has 0 radical (unpaired) electrons. The van der Waals surface area contributed by atoms with Gasteiger partial charge in [-0.1, -0.05) is 34.1 Å². The minimum atomic E-state index is -0.0176. The van der Waals surface area contributed by atoms with Gasteiger partial charge in [-0.15, -0.1) is 11.8 Å². The Balaban J connectivity index is 1.85. The second-order valence-corrected chi connectivity index (χ2v) is 6.16. The van der Waals surface area contributed by atoms with Gasteiger partial charge in [0.25, 0.3) is 0 Å². The molecule has 0 bridgehead atoms. The largest absolute Gasteiger partial charge is 0.326 e. The van der Waals surface area contributed by atoms with E-state index in [4.69, 9.17) is 5.73 Å². The summed E-state index contributed by atoms with van der Waals surface area (Å²) in [5.74, 6) is 0.366. The molecule has 0 aliphatic rings. The number of benzene rings is 2. The third-order valence-electron chi connectivity index (χ3n) is 2.64. The Morgan fingerprint density at radius 1 is 1.20 bits per heavy atom. The van der Waals surface area contributed by atoms with Crippen molar-refractivity contribution in [1.29, 1.82) is 0 Å². The molecule has 0 atom stereocenters. The van der Waals surface area contributed by atoms with Crippen LogP contribution >= 0.6 is 27.7 Å². The quantitative estimate of drug-likeness (QED) is 0.809. The van der Waals surface area contributed by atoms with Crippen LogP contribution in [0, 0.1) is 0 Å². The normalized spacial score (nSPS) is 10.3.